The molecule has 0 N–H and O–H groups in total. The first-order valence-corrected chi connectivity index (χ1v) is 8.62. The minimum atomic E-state index is -5.14. The lowest BCUT2D eigenvalue weighted by atomic mass is 9.91. The molecule has 0 aliphatic carbocycles. The van der Waals surface area contributed by atoms with Crippen LogP contribution in [0, 0.1) is 5.41 Å². The predicted octanol–water partition coefficient (Wildman–Crippen LogP) is 2.18. The van der Waals surface area contributed by atoms with Crippen LogP contribution in [-0.2, 0) is 28.5 Å². The van der Waals surface area contributed by atoms with Gasteiger partial charge in [-0.05, 0) is 19.9 Å². The normalized spacial score (nSPS) is 28.1. The summed E-state index contributed by atoms with van der Waals surface area (Å²) in [5.74, 6) is -4.85. The van der Waals surface area contributed by atoms with Crippen molar-refractivity contribution in [2.75, 3.05) is 33.5 Å². The third-order valence-electron chi connectivity index (χ3n) is 4.38. The van der Waals surface area contributed by atoms with Crippen LogP contribution in [0.3, 0.4) is 0 Å². The van der Waals surface area contributed by atoms with Gasteiger partial charge in [0, 0.05) is 18.0 Å². The van der Waals surface area contributed by atoms with Crippen LogP contribution in [0.2, 0.25) is 0 Å². The highest BCUT2D eigenvalue weighted by Crippen LogP contribution is 2.42. The average molecular weight is 407 g/mol. The number of halogens is 3. The Hall–Kier alpha value is -1.91. The summed E-state index contributed by atoms with van der Waals surface area (Å²) in [4.78, 5) is 24.2. The van der Waals surface area contributed by atoms with Crippen LogP contribution < -0.4 is 0 Å². The molecule has 0 aromatic heterocycles. The van der Waals surface area contributed by atoms with E-state index in [4.69, 9.17) is 14.2 Å². The zero-order valence-corrected chi connectivity index (χ0v) is 16.2. The monoisotopic (exact) mass is 407 g/mol. The van der Waals surface area contributed by atoms with Crippen molar-refractivity contribution >= 4 is 11.9 Å². The number of alkyl halides is 3. The zero-order valence-electron chi connectivity index (χ0n) is 16.2. The summed E-state index contributed by atoms with van der Waals surface area (Å²) < 4.78 is 61.1. The van der Waals surface area contributed by atoms with Gasteiger partial charge in [-0.1, -0.05) is 18.6 Å². The molecule has 3 saturated heterocycles. The van der Waals surface area contributed by atoms with E-state index in [0.29, 0.717) is 10.5 Å². The summed E-state index contributed by atoms with van der Waals surface area (Å²) in [6, 6.07) is -1.47. The van der Waals surface area contributed by atoms with Crippen molar-refractivity contribution in [3.05, 3.63) is 23.8 Å². The summed E-state index contributed by atoms with van der Waals surface area (Å²) in [6.45, 7) is 5.35. The molecule has 3 rings (SSSR count). The molecule has 10 heteroatoms. The number of methoxy groups -OCH3 is 1. The van der Waals surface area contributed by atoms with E-state index in [1.54, 1.807) is 13.8 Å². The van der Waals surface area contributed by atoms with Gasteiger partial charge in [0.1, 0.15) is 6.04 Å². The Balaban J connectivity index is 2.46. The number of carbonyl (C=O) groups is 2. The Labute approximate surface area is 161 Å². The highest BCUT2D eigenvalue weighted by molar-refractivity contribution is 5.84. The van der Waals surface area contributed by atoms with Crippen molar-refractivity contribution in [3.8, 4) is 0 Å². The molecular weight excluding hydrogens is 383 g/mol. The molecule has 0 spiro atoms. The number of amides is 1. The van der Waals surface area contributed by atoms with E-state index in [2.05, 4.69) is 4.74 Å². The largest absolute Gasteiger partial charge is 0.471 e. The molecule has 2 bridgehead atoms. The molecule has 0 radical (unpaired) electrons. The highest BCUT2D eigenvalue weighted by Gasteiger charge is 2.58. The molecule has 3 heterocycles. The zero-order chi connectivity index (χ0) is 21.2. The third-order valence-corrected chi connectivity index (χ3v) is 4.38. The molecule has 1 atom stereocenters. The second-order valence-electron chi connectivity index (χ2n) is 7.34. The number of hydrogen-bond acceptors (Lipinski definition) is 6. The van der Waals surface area contributed by atoms with Crippen LogP contribution in [0.5, 0.6) is 0 Å². The average Bonchev–Trinajstić information content (AvgIpc) is 2.63. The number of rotatable bonds is 6. The Morgan fingerprint density at radius 3 is 2.14 bits per heavy atom. The van der Waals surface area contributed by atoms with E-state index < -0.39 is 35.5 Å². The first-order valence-electron chi connectivity index (χ1n) is 8.62. The number of nitrogens with zero attached hydrogens (tertiary/aromatic N) is 1. The van der Waals surface area contributed by atoms with Gasteiger partial charge < -0.3 is 23.8 Å². The molecule has 3 aliphatic rings. The van der Waals surface area contributed by atoms with Crippen LogP contribution in [-0.4, -0.2) is 68.4 Å². The molecule has 28 heavy (non-hydrogen) atoms. The van der Waals surface area contributed by atoms with Crippen LogP contribution in [0.4, 0.5) is 13.2 Å². The Kier molecular flexibility index (Phi) is 6.57. The quantitative estimate of drug-likeness (QED) is 0.382. The van der Waals surface area contributed by atoms with Gasteiger partial charge in [0.25, 0.3) is 0 Å². The molecule has 0 saturated carbocycles. The lowest BCUT2D eigenvalue weighted by molar-refractivity contribution is -0.475. The molecule has 1 unspecified atom stereocenters. The Bertz CT molecular complexity index is 644. The summed E-state index contributed by atoms with van der Waals surface area (Å²) in [6.07, 6.45) is -1.70. The third kappa shape index (κ3) is 4.92. The molecule has 0 aromatic carbocycles. The van der Waals surface area contributed by atoms with Crippen molar-refractivity contribution in [2.24, 2.45) is 5.41 Å². The lowest BCUT2D eigenvalue weighted by Gasteiger charge is -2.54. The van der Waals surface area contributed by atoms with E-state index in [9.17, 15) is 22.8 Å². The van der Waals surface area contributed by atoms with E-state index in [0.717, 1.165) is 19.3 Å². The smallest absolute Gasteiger partial charge is 0.466 e. The maximum atomic E-state index is 13.3. The van der Waals surface area contributed by atoms with Crippen molar-refractivity contribution in [2.45, 2.75) is 39.0 Å². The van der Waals surface area contributed by atoms with Crippen LogP contribution in [0.1, 0.15) is 20.8 Å². The van der Waals surface area contributed by atoms with E-state index in [-0.39, 0.29) is 26.4 Å². The number of carbonyl (C=O) groups excluding carboxylic acids is 2. The topological polar surface area (TPSA) is 74.3 Å². The molecule has 3 fully saturated rings. The number of allylic oxidation sites excluding steroid dienone is 1. The predicted molar refractivity (Wildman–Crippen MR) is 90.8 cm³/mol. The maximum absolute atomic E-state index is 13.3. The van der Waals surface area contributed by atoms with E-state index in [1.807, 2.05) is 6.92 Å². The van der Waals surface area contributed by atoms with Gasteiger partial charge in [-0.25, -0.2) is 4.79 Å². The number of ether oxygens (including phenoxy) is 4. The summed E-state index contributed by atoms with van der Waals surface area (Å²) in [5, 5.41) is 0. The molecule has 7 nitrogen and oxygen atoms in total. The second-order valence-corrected chi connectivity index (χ2v) is 7.34. The summed E-state index contributed by atoms with van der Waals surface area (Å²) in [7, 11) is 1.12. The fourth-order valence-electron chi connectivity index (χ4n) is 2.75. The standard InChI is InChI=1S/C18H24F3NO6/c1-12(2)7-8-22(15(24)17(19,20)21)13(5-6-14(23)25-4)18-26-9-16(3,10-27-18)11-28-18/h5-7,13H,8-11H2,1-4H3/b6-5+. The molecule has 0 aromatic rings. The molecule has 1 amide bonds. The number of esters is 1. The maximum Gasteiger partial charge on any atom is 0.471 e. The molecular formula is C18H24F3NO6. The van der Waals surface area contributed by atoms with Crippen molar-refractivity contribution < 1.29 is 41.7 Å². The molecule has 3 aliphatic heterocycles. The van der Waals surface area contributed by atoms with Crippen LogP contribution in [0.15, 0.2) is 23.8 Å². The van der Waals surface area contributed by atoms with Crippen molar-refractivity contribution in [1.82, 2.24) is 4.90 Å². The first kappa shape index (κ1) is 22.4. The van der Waals surface area contributed by atoms with Gasteiger partial charge in [-0.2, -0.15) is 13.2 Å². The Morgan fingerprint density at radius 2 is 1.71 bits per heavy atom. The highest BCUT2D eigenvalue weighted by atomic mass is 19.4. The van der Waals surface area contributed by atoms with E-state index >= 15 is 0 Å². The molecule has 158 valence electrons. The minimum Gasteiger partial charge on any atom is -0.466 e. The summed E-state index contributed by atoms with van der Waals surface area (Å²) >= 11 is 0. The van der Waals surface area contributed by atoms with Gasteiger partial charge in [0.2, 0.25) is 0 Å². The second kappa shape index (κ2) is 8.22. The SMILES string of the molecule is COC(=O)/C=C/C(N(CC=C(C)C)C(=O)C(F)(F)F)C12OCC(C)(CO1)CO2. The van der Waals surface area contributed by atoms with Gasteiger partial charge >= 0.3 is 24.0 Å². The van der Waals surface area contributed by atoms with Gasteiger partial charge in [0.05, 0.1) is 26.9 Å². The number of fused-ring (bicyclic) bond motifs is 3. The van der Waals surface area contributed by atoms with Gasteiger partial charge in [-0.3, -0.25) is 4.79 Å². The fraction of sp³-hybridized carbons (Fsp3) is 0.667. The van der Waals surface area contributed by atoms with Gasteiger partial charge in [0.15, 0.2) is 0 Å². The van der Waals surface area contributed by atoms with Gasteiger partial charge in [-0.15, -0.1) is 0 Å². The van der Waals surface area contributed by atoms with Crippen LogP contribution >= 0.6 is 0 Å². The van der Waals surface area contributed by atoms with Crippen molar-refractivity contribution in [1.29, 1.82) is 0 Å². The number of hydrogen-bond donors (Lipinski definition) is 0. The van der Waals surface area contributed by atoms with Crippen molar-refractivity contribution in [3.63, 3.8) is 0 Å². The summed E-state index contributed by atoms with van der Waals surface area (Å²) in [5.41, 5.74) is 0.271. The fourth-order valence-corrected chi connectivity index (χ4v) is 2.75. The first-order chi connectivity index (χ1) is 12.9. The lowest BCUT2D eigenvalue weighted by Crippen LogP contribution is -2.68. The van der Waals surface area contributed by atoms with E-state index in [1.165, 1.54) is 6.08 Å². The van der Waals surface area contributed by atoms with Crippen LogP contribution in [0.25, 0.3) is 0 Å². The minimum absolute atomic E-state index is 0.173. The Morgan fingerprint density at radius 1 is 1.18 bits per heavy atom.